The average Bonchev–Trinajstić information content (AvgIpc) is 3.07. The Labute approximate surface area is 161 Å². The molecular formula is C21H14Cl2N2O. The number of aromatic nitrogens is 2. The molecule has 128 valence electrons. The van der Waals surface area contributed by atoms with Crippen LogP contribution in [0.4, 0.5) is 0 Å². The third-order valence-electron chi connectivity index (χ3n) is 4.10. The van der Waals surface area contributed by atoms with Crippen molar-refractivity contribution >= 4 is 23.2 Å². The molecule has 0 unspecified atom stereocenters. The Balaban J connectivity index is 1.85. The van der Waals surface area contributed by atoms with Gasteiger partial charge in [0, 0.05) is 45.6 Å². The fourth-order valence-corrected chi connectivity index (χ4v) is 3.19. The highest BCUT2D eigenvalue weighted by molar-refractivity contribution is 6.31. The monoisotopic (exact) mass is 380 g/mol. The molecule has 0 bridgehead atoms. The molecule has 2 aromatic heterocycles. The Kier molecular flexibility index (Phi) is 4.74. The van der Waals surface area contributed by atoms with Crippen LogP contribution in [0.2, 0.25) is 10.0 Å². The zero-order valence-electron chi connectivity index (χ0n) is 13.7. The number of benzene rings is 2. The maximum absolute atomic E-state index is 6.16. The number of nitrogens with zero attached hydrogens (tertiary/aromatic N) is 2. The van der Waals surface area contributed by atoms with Crippen molar-refractivity contribution in [2.75, 3.05) is 0 Å². The van der Waals surface area contributed by atoms with E-state index < -0.39 is 0 Å². The van der Waals surface area contributed by atoms with Gasteiger partial charge >= 0.3 is 0 Å². The van der Waals surface area contributed by atoms with Gasteiger partial charge in [0.25, 0.3) is 0 Å². The Hall–Kier alpha value is -2.62. The molecule has 0 atom stereocenters. The molecule has 4 rings (SSSR count). The first-order valence-corrected chi connectivity index (χ1v) is 8.85. The molecule has 0 fully saturated rings. The molecule has 4 aromatic rings. The topological polar surface area (TPSA) is 38.9 Å². The van der Waals surface area contributed by atoms with Crippen LogP contribution in [0.5, 0.6) is 0 Å². The third kappa shape index (κ3) is 3.50. The van der Waals surface area contributed by atoms with Crippen molar-refractivity contribution in [1.82, 2.24) is 10.1 Å². The van der Waals surface area contributed by atoms with Crippen LogP contribution in [-0.4, -0.2) is 10.1 Å². The zero-order chi connectivity index (χ0) is 17.9. The molecule has 2 aromatic carbocycles. The summed E-state index contributed by atoms with van der Waals surface area (Å²) in [5.74, 6) is 0.710. The lowest BCUT2D eigenvalue weighted by Gasteiger charge is -2.06. The molecule has 0 aliphatic rings. The molecule has 0 spiro atoms. The van der Waals surface area contributed by atoms with Gasteiger partial charge in [0.05, 0.1) is 0 Å². The number of hydrogen-bond donors (Lipinski definition) is 0. The van der Waals surface area contributed by atoms with Crippen molar-refractivity contribution in [3.63, 3.8) is 0 Å². The minimum Gasteiger partial charge on any atom is -0.355 e. The largest absolute Gasteiger partial charge is 0.355 e. The Bertz CT molecular complexity index is 1030. The molecule has 5 heteroatoms. The van der Waals surface area contributed by atoms with Gasteiger partial charge in [0.1, 0.15) is 5.69 Å². The van der Waals surface area contributed by atoms with Gasteiger partial charge in [-0.25, -0.2) is 0 Å². The van der Waals surface area contributed by atoms with Crippen LogP contribution < -0.4 is 0 Å². The van der Waals surface area contributed by atoms with Gasteiger partial charge in [0.2, 0.25) is 0 Å². The van der Waals surface area contributed by atoms with E-state index in [2.05, 4.69) is 10.1 Å². The van der Waals surface area contributed by atoms with E-state index in [-0.39, 0.29) is 0 Å². The van der Waals surface area contributed by atoms with E-state index in [0.29, 0.717) is 22.2 Å². The Morgan fingerprint density at radius 3 is 2.42 bits per heavy atom. The van der Waals surface area contributed by atoms with Gasteiger partial charge in [-0.05, 0) is 35.9 Å². The van der Waals surface area contributed by atoms with E-state index in [4.69, 9.17) is 27.7 Å². The minimum atomic E-state index is 0.650. The highest BCUT2D eigenvalue weighted by Gasteiger charge is 2.19. The number of rotatable bonds is 4. The second-order valence-corrected chi connectivity index (χ2v) is 6.77. The molecule has 0 saturated carbocycles. The maximum Gasteiger partial charge on any atom is 0.171 e. The van der Waals surface area contributed by atoms with Crippen molar-refractivity contribution < 1.29 is 4.52 Å². The van der Waals surface area contributed by atoms with E-state index >= 15 is 0 Å². The molecule has 0 radical (unpaired) electrons. The van der Waals surface area contributed by atoms with Crippen LogP contribution in [0.3, 0.4) is 0 Å². The average molecular weight is 381 g/mol. The van der Waals surface area contributed by atoms with Crippen LogP contribution in [0, 0.1) is 0 Å². The molecule has 0 N–H and O–H groups in total. The smallest absolute Gasteiger partial charge is 0.171 e. The van der Waals surface area contributed by atoms with E-state index in [0.717, 1.165) is 27.9 Å². The lowest BCUT2D eigenvalue weighted by Crippen LogP contribution is -1.93. The quantitative estimate of drug-likeness (QED) is 0.416. The van der Waals surface area contributed by atoms with Gasteiger partial charge in [-0.15, -0.1) is 0 Å². The van der Waals surface area contributed by atoms with Crippen LogP contribution in [-0.2, 0) is 6.42 Å². The Morgan fingerprint density at radius 2 is 1.69 bits per heavy atom. The van der Waals surface area contributed by atoms with E-state index in [1.807, 2.05) is 66.9 Å². The second-order valence-electron chi connectivity index (χ2n) is 5.89. The van der Waals surface area contributed by atoms with Crippen LogP contribution in [0.25, 0.3) is 22.6 Å². The molecular weight excluding hydrogens is 367 g/mol. The highest BCUT2D eigenvalue weighted by Crippen LogP contribution is 2.35. The van der Waals surface area contributed by atoms with Crippen LogP contribution in [0.1, 0.15) is 11.1 Å². The van der Waals surface area contributed by atoms with Crippen molar-refractivity contribution in [3.05, 3.63) is 94.2 Å². The first-order valence-electron chi connectivity index (χ1n) is 8.10. The van der Waals surface area contributed by atoms with E-state index in [1.54, 1.807) is 6.20 Å². The summed E-state index contributed by atoms with van der Waals surface area (Å²) in [5, 5.41) is 5.67. The van der Waals surface area contributed by atoms with E-state index in [9.17, 15) is 0 Å². The first kappa shape index (κ1) is 16.8. The minimum absolute atomic E-state index is 0.650. The maximum atomic E-state index is 6.16. The fraction of sp³-hybridized carbons (Fsp3) is 0.0476. The standard InChI is InChI=1S/C21H14Cl2N2O/c22-17-8-6-15(7-9-17)20-19(11-14-3-2-10-24-13-14)21(26-25-20)16-4-1-5-18(23)12-16/h1-10,12-13H,11H2. The van der Waals surface area contributed by atoms with E-state index in [1.165, 1.54) is 0 Å². The van der Waals surface area contributed by atoms with Gasteiger partial charge < -0.3 is 4.52 Å². The molecule has 2 heterocycles. The molecule has 0 saturated heterocycles. The summed E-state index contributed by atoms with van der Waals surface area (Å²) in [6.45, 7) is 0. The molecule has 3 nitrogen and oxygen atoms in total. The summed E-state index contributed by atoms with van der Waals surface area (Å²) >= 11 is 12.2. The van der Waals surface area contributed by atoms with Crippen molar-refractivity contribution in [2.45, 2.75) is 6.42 Å². The SMILES string of the molecule is Clc1ccc(-c2noc(-c3cccc(Cl)c3)c2Cc2cccnc2)cc1. The number of hydrogen-bond acceptors (Lipinski definition) is 3. The molecule has 0 aliphatic carbocycles. The summed E-state index contributed by atoms with van der Waals surface area (Å²) < 4.78 is 5.73. The van der Waals surface area contributed by atoms with Gasteiger partial charge in [0.15, 0.2) is 5.76 Å². The first-order chi connectivity index (χ1) is 12.7. The van der Waals surface area contributed by atoms with Gasteiger partial charge in [-0.2, -0.15) is 0 Å². The number of pyridine rings is 1. The fourth-order valence-electron chi connectivity index (χ4n) is 2.87. The lowest BCUT2D eigenvalue weighted by atomic mass is 9.97. The predicted octanol–water partition coefficient (Wildman–Crippen LogP) is 6.30. The highest BCUT2D eigenvalue weighted by atomic mass is 35.5. The summed E-state index contributed by atoms with van der Waals surface area (Å²) in [6.07, 6.45) is 4.26. The van der Waals surface area contributed by atoms with Crippen molar-refractivity contribution in [3.8, 4) is 22.6 Å². The van der Waals surface area contributed by atoms with Crippen molar-refractivity contribution in [2.24, 2.45) is 0 Å². The van der Waals surface area contributed by atoms with Crippen molar-refractivity contribution in [1.29, 1.82) is 0 Å². The predicted molar refractivity (Wildman–Crippen MR) is 104 cm³/mol. The molecule has 0 aliphatic heterocycles. The van der Waals surface area contributed by atoms with Crippen LogP contribution >= 0.6 is 23.2 Å². The molecule has 26 heavy (non-hydrogen) atoms. The van der Waals surface area contributed by atoms with Gasteiger partial charge in [-0.1, -0.05) is 58.7 Å². The van der Waals surface area contributed by atoms with Crippen LogP contribution in [0.15, 0.2) is 77.6 Å². The van der Waals surface area contributed by atoms with Gasteiger partial charge in [-0.3, -0.25) is 4.98 Å². The zero-order valence-corrected chi connectivity index (χ0v) is 15.2. The molecule has 0 amide bonds. The summed E-state index contributed by atoms with van der Waals surface area (Å²) in [7, 11) is 0. The summed E-state index contributed by atoms with van der Waals surface area (Å²) in [6, 6.07) is 19.1. The summed E-state index contributed by atoms with van der Waals surface area (Å²) in [4.78, 5) is 4.21. The normalized spacial score (nSPS) is 10.8. The lowest BCUT2D eigenvalue weighted by molar-refractivity contribution is 0.434. The Morgan fingerprint density at radius 1 is 0.846 bits per heavy atom. The third-order valence-corrected chi connectivity index (χ3v) is 4.58. The number of halogens is 2. The summed E-state index contributed by atoms with van der Waals surface area (Å²) in [5.41, 5.74) is 4.70. The second kappa shape index (κ2) is 7.32.